The highest BCUT2D eigenvalue weighted by Gasteiger charge is 2.26. The van der Waals surface area contributed by atoms with E-state index < -0.39 is 0 Å². The van der Waals surface area contributed by atoms with Crippen LogP contribution in [0.15, 0.2) is 22.7 Å². The van der Waals surface area contributed by atoms with E-state index in [2.05, 4.69) is 46.8 Å². The maximum atomic E-state index is 5.28. The maximum Gasteiger partial charge on any atom is 0.119 e. The molecule has 0 amide bonds. The predicted octanol–water partition coefficient (Wildman–Crippen LogP) is 3.69. The lowest BCUT2D eigenvalue weighted by Gasteiger charge is -2.22. The summed E-state index contributed by atoms with van der Waals surface area (Å²) < 4.78 is 6.45. The van der Waals surface area contributed by atoms with Crippen LogP contribution in [0.1, 0.15) is 25.8 Å². The highest BCUT2D eigenvalue weighted by atomic mass is 79.9. The predicted molar refractivity (Wildman–Crippen MR) is 74.3 cm³/mol. The van der Waals surface area contributed by atoms with Crippen LogP contribution in [0.3, 0.4) is 0 Å². The molecule has 0 bridgehead atoms. The van der Waals surface area contributed by atoms with Gasteiger partial charge < -0.3 is 4.74 Å². The first-order chi connectivity index (χ1) is 8.10. The van der Waals surface area contributed by atoms with Crippen molar-refractivity contribution in [3.8, 4) is 5.75 Å². The van der Waals surface area contributed by atoms with Gasteiger partial charge >= 0.3 is 0 Å². The first kappa shape index (κ1) is 12.9. The van der Waals surface area contributed by atoms with Crippen molar-refractivity contribution in [1.29, 1.82) is 0 Å². The van der Waals surface area contributed by atoms with Crippen LogP contribution >= 0.6 is 15.9 Å². The van der Waals surface area contributed by atoms with Gasteiger partial charge in [-0.25, -0.2) is 0 Å². The molecule has 2 nitrogen and oxygen atoms in total. The van der Waals surface area contributed by atoms with Crippen LogP contribution in [-0.4, -0.2) is 24.6 Å². The minimum atomic E-state index is 0.683. The van der Waals surface area contributed by atoms with Crippen LogP contribution in [0.25, 0.3) is 0 Å². The van der Waals surface area contributed by atoms with E-state index in [1.54, 1.807) is 7.11 Å². The molecule has 1 fully saturated rings. The minimum Gasteiger partial charge on any atom is -0.497 e. The Morgan fingerprint density at radius 3 is 2.76 bits per heavy atom. The maximum absolute atomic E-state index is 5.28. The monoisotopic (exact) mass is 297 g/mol. The fourth-order valence-electron chi connectivity index (χ4n) is 2.62. The number of methoxy groups -OCH3 is 1. The Kier molecular flexibility index (Phi) is 4.10. The average Bonchev–Trinajstić information content (AvgIpc) is 2.60. The van der Waals surface area contributed by atoms with Gasteiger partial charge in [0.25, 0.3) is 0 Å². The van der Waals surface area contributed by atoms with Gasteiger partial charge in [0.1, 0.15) is 5.75 Å². The molecule has 3 heteroatoms. The van der Waals surface area contributed by atoms with Gasteiger partial charge in [-0.15, -0.1) is 0 Å². The first-order valence-electron chi connectivity index (χ1n) is 6.16. The van der Waals surface area contributed by atoms with E-state index >= 15 is 0 Å². The fraction of sp³-hybridized carbons (Fsp3) is 0.571. The van der Waals surface area contributed by atoms with Crippen LogP contribution in [0.4, 0.5) is 0 Å². The second kappa shape index (κ2) is 5.40. The van der Waals surface area contributed by atoms with Crippen molar-refractivity contribution in [2.24, 2.45) is 5.92 Å². The number of nitrogens with zero attached hydrogens (tertiary/aromatic N) is 1. The van der Waals surface area contributed by atoms with E-state index in [9.17, 15) is 0 Å². The fourth-order valence-corrected chi connectivity index (χ4v) is 3.00. The van der Waals surface area contributed by atoms with E-state index in [0.29, 0.717) is 6.04 Å². The minimum absolute atomic E-state index is 0.683. The van der Waals surface area contributed by atoms with Gasteiger partial charge in [0.05, 0.1) is 7.11 Å². The number of rotatable bonds is 3. The number of ether oxygens (including phenoxy) is 1. The Morgan fingerprint density at radius 2 is 2.18 bits per heavy atom. The smallest absolute Gasteiger partial charge is 0.119 e. The molecule has 1 heterocycles. The second-order valence-corrected chi connectivity index (χ2v) is 5.93. The van der Waals surface area contributed by atoms with Crippen LogP contribution in [0.5, 0.6) is 5.75 Å². The molecule has 0 saturated carbocycles. The molecule has 2 rings (SSSR count). The van der Waals surface area contributed by atoms with Crippen molar-refractivity contribution in [3.63, 3.8) is 0 Å². The van der Waals surface area contributed by atoms with E-state index in [0.717, 1.165) is 18.2 Å². The summed E-state index contributed by atoms with van der Waals surface area (Å²) >= 11 is 3.62. The van der Waals surface area contributed by atoms with Crippen LogP contribution < -0.4 is 4.74 Å². The molecule has 1 aliphatic rings. The molecule has 2 unspecified atom stereocenters. The molecule has 0 radical (unpaired) electrons. The average molecular weight is 298 g/mol. The molecule has 0 spiro atoms. The summed E-state index contributed by atoms with van der Waals surface area (Å²) in [6.45, 7) is 6.85. The van der Waals surface area contributed by atoms with Crippen molar-refractivity contribution in [3.05, 3.63) is 28.2 Å². The summed E-state index contributed by atoms with van der Waals surface area (Å²) in [5.74, 6) is 1.75. The quantitative estimate of drug-likeness (QED) is 0.844. The van der Waals surface area contributed by atoms with E-state index in [1.165, 1.54) is 23.0 Å². The van der Waals surface area contributed by atoms with E-state index in [4.69, 9.17) is 4.74 Å². The van der Waals surface area contributed by atoms with Gasteiger partial charge in [-0.3, -0.25) is 4.90 Å². The third kappa shape index (κ3) is 3.02. The third-order valence-electron chi connectivity index (χ3n) is 3.54. The SMILES string of the molecule is COc1ccc(Br)c(CN2CC(C)CC2C)c1. The topological polar surface area (TPSA) is 12.5 Å². The van der Waals surface area contributed by atoms with Gasteiger partial charge in [0.15, 0.2) is 0 Å². The summed E-state index contributed by atoms with van der Waals surface area (Å²) in [6, 6.07) is 6.87. The second-order valence-electron chi connectivity index (χ2n) is 5.08. The van der Waals surface area contributed by atoms with Crippen LogP contribution in [0, 0.1) is 5.92 Å². The Hall–Kier alpha value is -0.540. The van der Waals surface area contributed by atoms with Crippen molar-refractivity contribution in [2.75, 3.05) is 13.7 Å². The molecule has 17 heavy (non-hydrogen) atoms. The molecule has 0 aromatic heterocycles. The number of benzene rings is 1. The van der Waals surface area contributed by atoms with Crippen molar-refractivity contribution in [2.45, 2.75) is 32.9 Å². The summed E-state index contributed by atoms with van der Waals surface area (Å²) in [5.41, 5.74) is 1.31. The number of likely N-dealkylation sites (tertiary alicyclic amines) is 1. The highest BCUT2D eigenvalue weighted by Crippen LogP contribution is 2.28. The Morgan fingerprint density at radius 1 is 1.41 bits per heavy atom. The summed E-state index contributed by atoms with van der Waals surface area (Å²) in [6.07, 6.45) is 1.31. The molecule has 0 aliphatic carbocycles. The lowest BCUT2D eigenvalue weighted by Crippen LogP contribution is -2.26. The molecule has 0 N–H and O–H groups in total. The summed E-state index contributed by atoms with van der Waals surface area (Å²) in [5, 5.41) is 0. The number of hydrogen-bond acceptors (Lipinski definition) is 2. The van der Waals surface area contributed by atoms with E-state index in [1.807, 2.05) is 6.07 Å². The number of halogens is 1. The molecule has 94 valence electrons. The first-order valence-corrected chi connectivity index (χ1v) is 6.96. The van der Waals surface area contributed by atoms with Gasteiger partial charge in [0, 0.05) is 23.6 Å². The number of hydrogen-bond donors (Lipinski definition) is 0. The van der Waals surface area contributed by atoms with Gasteiger partial charge in [-0.05, 0) is 43.0 Å². The van der Waals surface area contributed by atoms with Crippen molar-refractivity contribution >= 4 is 15.9 Å². The largest absolute Gasteiger partial charge is 0.497 e. The molecule has 2 atom stereocenters. The van der Waals surface area contributed by atoms with Crippen LogP contribution in [-0.2, 0) is 6.54 Å². The molecule has 1 aromatic carbocycles. The zero-order valence-electron chi connectivity index (χ0n) is 10.7. The van der Waals surface area contributed by atoms with Crippen molar-refractivity contribution < 1.29 is 4.74 Å². The van der Waals surface area contributed by atoms with Crippen LogP contribution in [0.2, 0.25) is 0 Å². The lowest BCUT2D eigenvalue weighted by atomic mass is 10.1. The Labute approximate surface area is 112 Å². The molecule has 1 saturated heterocycles. The lowest BCUT2D eigenvalue weighted by molar-refractivity contribution is 0.256. The van der Waals surface area contributed by atoms with Gasteiger partial charge in [-0.2, -0.15) is 0 Å². The summed E-state index contributed by atoms with van der Waals surface area (Å²) in [4.78, 5) is 2.55. The molecule has 1 aliphatic heterocycles. The zero-order chi connectivity index (χ0) is 12.4. The Bertz CT molecular complexity index is 394. The highest BCUT2D eigenvalue weighted by molar-refractivity contribution is 9.10. The van der Waals surface area contributed by atoms with Gasteiger partial charge in [0.2, 0.25) is 0 Å². The third-order valence-corrected chi connectivity index (χ3v) is 4.31. The van der Waals surface area contributed by atoms with Crippen molar-refractivity contribution in [1.82, 2.24) is 4.90 Å². The standard InChI is InChI=1S/C14H20BrNO/c1-10-6-11(2)16(8-10)9-12-7-13(17-3)4-5-14(12)15/h4-5,7,10-11H,6,8-9H2,1-3H3. The van der Waals surface area contributed by atoms with E-state index in [-0.39, 0.29) is 0 Å². The molecular formula is C14H20BrNO. The summed E-state index contributed by atoms with van der Waals surface area (Å²) in [7, 11) is 1.72. The normalized spacial score (nSPS) is 25.2. The molecular weight excluding hydrogens is 278 g/mol. The Balaban J connectivity index is 2.12. The zero-order valence-corrected chi connectivity index (χ0v) is 12.3. The van der Waals surface area contributed by atoms with Gasteiger partial charge in [-0.1, -0.05) is 22.9 Å². The molecule has 1 aromatic rings.